The van der Waals surface area contributed by atoms with Gasteiger partial charge in [-0.1, -0.05) is 39.3 Å². The summed E-state index contributed by atoms with van der Waals surface area (Å²) in [7, 11) is 0. The highest BCUT2D eigenvalue weighted by atomic mass is 127. The normalized spacial score (nSPS) is 25.4. The first-order valence-corrected chi connectivity index (χ1v) is 10.6. The molecule has 1 aromatic carbocycles. The summed E-state index contributed by atoms with van der Waals surface area (Å²) in [6, 6.07) is 6.31. The minimum absolute atomic E-state index is 0.120. The molecule has 1 aromatic rings. The van der Waals surface area contributed by atoms with Crippen molar-refractivity contribution in [2.24, 2.45) is 17.8 Å². The van der Waals surface area contributed by atoms with Crippen LogP contribution in [0.25, 0.3) is 0 Å². The number of rotatable bonds is 4. The fraction of sp³-hybridized carbons (Fsp3) is 0.588. The molecule has 5 heteroatoms. The van der Waals surface area contributed by atoms with E-state index in [0.29, 0.717) is 17.8 Å². The Balaban J connectivity index is 2.20. The van der Waals surface area contributed by atoms with Gasteiger partial charge in [-0.2, -0.15) is 0 Å². The molecule has 0 heterocycles. The van der Waals surface area contributed by atoms with Gasteiger partial charge in [-0.3, -0.25) is 0 Å². The average Bonchev–Trinajstić information content (AvgIpc) is 2.46. The fourth-order valence-corrected chi connectivity index (χ4v) is 4.59. The van der Waals surface area contributed by atoms with Gasteiger partial charge in [0, 0.05) is 0 Å². The third-order valence-electron chi connectivity index (χ3n) is 4.48. The lowest BCUT2D eigenvalue weighted by molar-refractivity contribution is -0.0175. The van der Waals surface area contributed by atoms with Gasteiger partial charge in [-0.05, 0) is 42.7 Å². The van der Waals surface area contributed by atoms with Gasteiger partial charge >= 0.3 is 25.8 Å². The Labute approximate surface area is 138 Å². The summed E-state index contributed by atoms with van der Waals surface area (Å²) in [4.78, 5) is 12.4. The Morgan fingerprint density at radius 2 is 1.91 bits per heavy atom. The smallest absolute Gasteiger partial charge is 0.341 e. The van der Waals surface area contributed by atoms with E-state index in [4.69, 9.17) is 4.74 Å². The largest absolute Gasteiger partial charge is 0.458 e. The summed E-state index contributed by atoms with van der Waals surface area (Å²) in [5.41, 5.74) is 0.179. The summed E-state index contributed by atoms with van der Waals surface area (Å²) in [5, 5.41) is 0. The predicted molar refractivity (Wildman–Crippen MR) is 91.1 cm³/mol. The van der Waals surface area contributed by atoms with Crippen molar-refractivity contribution in [3.05, 3.63) is 33.4 Å². The van der Waals surface area contributed by atoms with Gasteiger partial charge in [0.1, 0.15) is 6.10 Å². The van der Waals surface area contributed by atoms with E-state index in [1.54, 1.807) is 12.1 Å². The first-order chi connectivity index (χ1) is 10.4. The molecule has 1 aliphatic rings. The topological polar surface area (TPSA) is 60.4 Å². The standard InChI is InChI=1S/C17H23IO4/c1-11(2)13-9-8-12(3)10-16(13)22-17(19)14-6-4-5-7-15(14)18(20)21/h4-7,11-13,16H,8-10H2,1-3H3/t12-,13+,16-/m1/s1. The highest BCUT2D eigenvalue weighted by Crippen LogP contribution is 2.36. The Bertz CT molecular complexity index is 598. The second-order valence-corrected chi connectivity index (χ2v) is 8.87. The number of hydrogen-bond donors (Lipinski definition) is 0. The van der Waals surface area contributed by atoms with Crippen molar-refractivity contribution in [3.8, 4) is 0 Å². The maximum Gasteiger partial charge on any atom is 0.341 e. The van der Waals surface area contributed by atoms with Crippen LogP contribution in [0.5, 0.6) is 0 Å². The van der Waals surface area contributed by atoms with Gasteiger partial charge in [0.25, 0.3) is 0 Å². The van der Waals surface area contributed by atoms with Crippen molar-refractivity contribution >= 4 is 25.8 Å². The molecule has 0 aromatic heterocycles. The lowest BCUT2D eigenvalue weighted by atomic mass is 9.75. The van der Waals surface area contributed by atoms with Crippen molar-refractivity contribution in [2.45, 2.75) is 46.1 Å². The summed E-state index contributed by atoms with van der Waals surface area (Å²) in [6.45, 7) is 6.47. The number of halogens is 1. The second-order valence-electron chi connectivity index (χ2n) is 6.47. The van der Waals surface area contributed by atoms with Gasteiger partial charge in [0.05, 0.1) is 9.13 Å². The van der Waals surface area contributed by atoms with Crippen molar-refractivity contribution in [2.75, 3.05) is 0 Å². The lowest BCUT2D eigenvalue weighted by Gasteiger charge is -2.36. The highest BCUT2D eigenvalue weighted by molar-refractivity contribution is 14.2. The van der Waals surface area contributed by atoms with Gasteiger partial charge in [-0.15, -0.1) is 0 Å². The van der Waals surface area contributed by atoms with Crippen LogP contribution in [0.1, 0.15) is 50.4 Å². The number of carbonyl (C=O) groups excluding carboxylic acids is 1. The van der Waals surface area contributed by atoms with E-state index in [2.05, 4.69) is 20.8 Å². The molecule has 0 amide bonds. The third kappa shape index (κ3) is 4.06. The minimum Gasteiger partial charge on any atom is -0.458 e. The van der Waals surface area contributed by atoms with Crippen LogP contribution in [0, 0.1) is 21.3 Å². The van der Waals surface area contributed by atoms with Crippen LogP contribution >= 0.6 is 19.8 Å². The molecule has 0 spiro atoms. The molecule has 122 valence electrons. The molecule has 22 heavy (non-hydrogen) atoms. The van der Waals surface area contributed by atoms with Crippen molar-refractivity contribution < 1.29 is 15.7 Å². The van der Waals surface area contributed by atoms with Crippen LogP contribution in [-0.2, 0) is 10.9 Å². The highest BCUT2D eigenvalue weighted by Gasteiger charge is 2.34. The maximum absolute atomic E-state index is 12.4. The fourth-order valence-electron chi connectivity index (χ4n) is 3.21. The van der Waals surface area contributed by atoms with Crippen LogP contribution in [0.2, 0.25) is 0 Å². The molecule has 1 saturated carbocycles. The zero-order chi connectivity index (χ0) is 16.3. The van der Waals surface area contributed by atoms with Crippen LogP contribution in [-0.4, -0.2) is 12.1 Å². The van der Waals surface area contributed by atoms with Crippen molar-refractivity contribution in [1.29, 1.82) is 0 Å². The van der Waals surface area contributed by atoms with Crippen LogP contribution in [0.3, 0.4) is 0 Å². The van der Waals surface area contributed by atoms with E-state index in [0.717, 1.165) is 19.3 Å². The SMILES string of the molecule is CC(C)[C@@H]1CC[C@@H](C)C[C@H]1OC(=O)c1ccccc1I(=O)=O. The summed E-state index contributed by atoms with van der Waals surface area (Å²) < 4.78 is 28.6. The van der Waals surface area contributed by atoms with E-state index in [-0.39, 0.29) is 15.2 Å². The minimum atomic E-state index is -3.70. The molecular weight excluding hydrogens is 395 g/mol. The number of benzene rings is 1. The van der Waals surface area contributed by atoms with Gasteiger partial charge in [-0.25, -0.2) is 10.9 Å². The van der Waals surface area contributed by atoms with Crippen molar-refractivity contribution in [3.63, 3.8) is 0 Å². The molecule has 3 atom stereocenters. The molecular formula is C17H23IO4. The molecule has 1 fully saturated rings. The van der Waals surface area contributed by atoms with Gasteiger partial charge in [0.15, 0.2) is 0 Å². The Hall–Kier alpha value is -0.980. The third-order valence-corrected chi connectivity index (χ3v) is 6.37. The monoisotopic (exact) mass is 418 g/mol. The Morgan fingerprint density at radius 3 is 2.55 bits per heavy atom. The molecule has 0 saturated heterocycles. The first kappa shape index (κ1) is 17.4. The van der Waals surface area contributed by atoms with E-state index in [1.807, 2.05) is 0 Å². The summed E-state index contributed by atoms with van der Waals surface area (Å²) >= 11 is -3.70. The molecule has 0 N–H and O–H groups in total. The molecule has 0 unspecified atom stereocenters. The predicted octanol–water partition coefficient (Wildman–Crippen LogP) is 4.67. The molecule has 1 aliphatic carbocycles. The zero-order valence-corrected chi connectivity index (χ0v) is 15.4. The quantitative estimate of drug-likeness (QED) is 0.527. The Morgan fingerprint density at radius 1 is 1.23 bits per heavy atom. The molecule has 0 bridgehead atoms. The first-order valence-electron chi connectivity index (χ1n) is 7.75. The number of esters is 1. The number of carbonyl (C=O) groups is 1. The molecule has 4 nitrogen and oxygen atoms in total. The zero-order valence-electron chi connectivity index (χ0n) is 13.3. The van der Waals surface area contributed by atoms with E-state index in [1.165, 1.54) is 12.1 Å². The van der Waals surface area contributed by atoms with Crippen LogP contribution in [0.4, 0.5) is 0 Å². The summed E-state index contributed by atoms with van der Waals surface area (Å²) in [6.07, 6.45) is 2.95. The second kappa shape index (κ2) is 7.53. The van der Waals surface area contributed by atoms with E-state index < -0.39 is 25.8 Å². The van der Waals surface area contributed by atoms with Crippen LogP contribution in [0.15, 0.2) is 24.3 Å². The average molecular weight is 418 g/mol. The van der Waals surface area contributed by atoms with E-state index in [9.17, 15) is 10.9 Å². The number of hydrogen-bond acceptors (Lipinski definition) is 4. The van der Waals surface area contributed by atoms with E-state index >= 15 is 0 Å². The maximum atomic E-state index is 12.4. The lowest BCUT2D eigenvalue weighted by Crippen LogP contribution is -2.36. The van der Waals surface area contributed by atoms with Gasteiger partial charge < -0.3 is 4.74 Å². The van der Waals surface area contributed by atoms with Crippen LogP contribution < -0.4 is 0 Å². The van der Waals surface area contributed by atoms with Crippen molar-refractivity contribution in [1.82, 2.24) is 0 Å². The molecule has 2 rings (SSSR count). The Kier molecular flexibility index (Phi) is 5.94. The number of ether oxygens (including phenoxy) is 1. The summed E-state index contributed by atoms with van der Waals surface area (Å²) in [5.74, 6) is 0.823. The molecule has 0 aliphatic heterocycles. The molecule has 0 radical (unpaired) electrons. The van der Waals surface area contributed by atoms with Gasteiger partial charge in [0.2, 0.25) is 0 Å².